The zero-order chi connectivity index (χ0) is 18.6. The lowest BCUT2D eigenvalue weighted by molar-refractivity contribution is -0.160. The van der Waals surface area contributed by atoms with Crippen LogP contribution in [0.5, 0.6) is 0 Å². The highest BCUT2D eigenvalue weighted by molar-refractivity contribution is 5.66. The Hall–Kier alpha value is -0.870. The first-order chi connectivity index (χ1) is 12.3. The van der Waals surface area contributed by atoms with Crippen molar-refractivity contribution in [1.29, 1.82) is 0 Å². The molecule has 4 heteroatoms. The van der Waals surface area contributed by atoms with Crippen LogP contribution < -0.4 is 0 Å². The van der Waals surface area contributed by atoms with Crippen molar-refractivity contribution in [3.05, 3.63) is 12.2 Å². The van der Waals surface area contributed by atoms with Gasteiger partial charge in [0.2, 0.25) is 0 Å². The van der Waals surface area contributed by atoms with Gasteiger partial charge >= 0.3 is 5.97 Å². The predicted molar refractivity (Wildman–Crippen MR) is 99.6 cm³/mol. The van der Waals surface area contributed by atoms with E-state index in [9.17, 15) is 4.79 Å². The molecule has 4 nitrogen and oxygen atoms in total. The van der Waals surface area contributed by atoms with Crippen molar-refractivity contribution in [2.45, 2.75) is 83.7 Å². The lowest BCUT2D eigenvalue weighted by Gasteiger charge is -2.46. The van der Waals surface area contributed by atoms with Gasteiger partial charge in [-0.2, -0.15) is 0 Å². The topological polar surface area (TPSA) is 44.8 Å². The van der Waals surface area contributed by atoms with E-state index in [4.69, 9.17) is 14.2 Å². The summed E-state index contributed by atoms with van der Waals surface area (Å²) < 4.78 is 19.2. The molecule has 0 aromatic carbocycles. The van der Waals surface area contributed by atoms with E-state index in [0.717, 1.165) is 38.7 Å². The summed E-state index contributed by atoms with van der Waals surface area (Å²) in [5.41, 5.74) is 1.02. The van der Waals surface area contributed by atoms with Crippen molar-refractivity contribution in [2.24, 2.45) is 29.6 Å². The van der Waals surface area contributed by atoms with Gasteiger partial charge in [0.1, 0.15) is 6.10 Å². The minimum absolute atomic E-state index is 0.0504. The quantitative estimate of drug-likeness (QED) is 0.520. The molecule has 1 saturated carbocycles. The largest absolute Gasteiger partial charge is 0.462 e. The van der Waals surface area contributed by atoms with Gasteiger partial charge in [0.25, 0.3) is 0 Å². The van der Waals surface area contributed by atoms with E-state index in [1.165, 1.54) is 12.5 Å². The number of carbonyl (C=O) groups is 1. The first-order valence-corrected chi connectivity index (χ1v) is 10.4. The molecule has 0 aromatic heterocycles. The second-order valence-corrected chi connectivity index (χ2v) is 9.61. The van der Waals surface area contributed by atoms with Crippen LogP contribution in [0, 0.1) is 29.6 Å². The summed E-state index contributed by atoms with van der Waals surface area (Å²) in [6, 6.07) is 0. The summed E-state index contributed by atoms with van der Waals surface area (Å²) in [4.78, 5) is 11.8. The molecule has 0 spiro atoms. The summed E-state index contributed by atoms with van der Waals surface area (Å²) in [6.07, 6.45) is 5.29. The molecule has 0 amide bonds. The average Bonchev–Trinajstić information content (AvgIpc) is 2.92. The van der Waals surface area contributed by atoms with Crippen LogP contribution in [-0.2, 0) is 19.0 Å². The van der Waals surface area contributed by atoms with Crippen LogP contribution in [0.25, 0.3) is 0 Å². The Kier molecular flexibility index (Phi) is 4.71. The minimum atomic E-state index is -0.243. The third-order valence-electron chi connectivity index (χ3n) is 7.63. The second kappa shape index (κ2) is 6.63. The lowest BCUT2D eigenvalue weighted by Crippen LogP contribution is -2.52. The molecule has 0 radical (unpaired) electrons. The van der Waals surface area contributed by atoms with E-state index in [1.807, 2.05) is 0 Å². The molecule has 3 heterocycles. The molecule has 3 aliphatic heterocycles. The van der Waals surface area contributed by atoms with Crippen molar-refractivity contribution in [3.63, 3.8) is 0 Å². The third-order valence-corrected chi connectivity index (χ3v) is 7.63. The number of carbonyl (C=O) groups excluding carboxylic acids is 1. The van der Waals surface area contributed by atoms with Crippen molar-refractivity contribution >= 4 is 5.97 Å². The Morgan fingerprint density at radius 3 is 2.77 bits per heavy atom. The van der Waals surface area contributed by atoms with E-state index in [0.29, 0.717) is 23.7 Å². The van der Waals surface area contributed by atoms with Gasteiger partial charge in [-0.1, -0.05) is 26.0 Å². The third kappa shape index (κ3) is 2.93. The normalized spacial score (nSPS) is 51.0. The van der Waals surface area contributed by atoms with Crippen molar-refractivity contribution in [2.75, 3.05) is 6.61 Å². The number of fused-ring (bicyclic) bond motifs is 2. The molecule has 9 atom stereocenters. The monoisotopic (exact) mass is 362 g/mol. The Balaban J connectivity index is 1.78. The van der Waals surface area contributed by atoms with Gasteiger partial charge in [-0.3, -0.25) is 4.79 Å². The van der Waals surface area contributed by atoms with Crippen LogP contribution in [0.2, 0.25) is 0 Å². The first kappa shape index (κ1) is 18.5. The number of ether oxygens (including phenoxy) is 3. The average molecular weight is 363 g/mol. The zero-order valence-corrected chi connectivity index (χ0v) is 16.7. The highest BCUT2D eigenvalue weighted by Crippen LogP contribution is 2.57. The van der Waals surface area contributed by atoms with Crippen LogP contribution >= 0.6 is 0 Å². The molecule has 0 N–H and O–H groups in total. The molecule has 4 fully saturated rings. The van der Waals surface area contributed by atoms with Crippen molar-refractivity contribution < 1.29 is 19.0 Å². The minimum Gasteiger partial charge on any atom is -0.462 e. The SMILES string of the molecule is C=C1CCC[C@]2(C)OC[C@H](C)[C@@H]3C[C@@H](C)[C@@H](OC(C)=O)[C@@H]4[C@H]3[C@@H]2O[C@H]4C1. The van der Waals surface area contributed by atoms with Crippen LogP contribution in [0.4, 0.5) is 0 Å². The fourth-order valence-corrected chi connectivity index (χ4v) is 6.41. The van der Waals surface area contributed by atoms with Gasteiger partial charge in [0, 0.05) is 12.8 Å². The predicted octanol–water partition coefficient (Wildman–Crippen LogP) is 4.13. The summed E-state index contributed by atoms with van der Waals surface area (Å²) in [5.74, 6) is 1.95. The Labute approximate surface area is 157 Å². The number of rotatable bonds is 1. The maximum absolute atomic E-state index is 11.8. The summed E-state index contributed by atoms with van der Waals surface area (Å²) in [6.45, 7) is 13.5. The van der Waals surface area contributed by atoms with Gasteiger partial charge in [-0.15, -0.1) is 0 Å². The molecule has 4 aliphatic rings. The van der Waals surface area contributed by atoms with Gasteiger partial charge in [0.15, 0.2) is 0 Å². The number of hydrogen-bond donors (Lipinski definition) is 0. The summed E-state index contributed by atoms with van der Waals surface area (Å²) in [7, 11) is 0. The van der Waals surface area contributed by atoms with Crippen molar-refractivity contribution in [1.82, 2.24) is 0 Å². The van der Waals surface area contributed by atoms with Gasteiger partial charge in [-0.05, 0) is 62.7 Å². The summed E-state index contributed by atoms with van der Waals surface area (Å²) in [5, 5.41) is 0. The van der Waals surface area contributed by atoms with E-state index >= 15 is 0 Å². The fraction of sp³-hybridized carbons (Fsp3) is 0.864. The number of esters is 1. The Bertz CT molecular complexity index is 587. The first-order valence-electron chi connectivity index (χ1n) is 10.4. The highest BCUT2D eigenvalue weighted by atomic mass is 16.6. The molecule has 0 unspecified atom stereocenters. The molecule has 146 valence electrons. The Morgan fingerprint density at radius 2 is 2.04 bits per heavy atom. The Morgan fingerprint density at radius 1 is 1.27 bits per heavy atom. The maximum atomic E-state index is 11.8. The van der Waals surface area contributed by atoms with Crippen molar-refractivity contribution in [3.8, 4) is 0 Å². The van der Waals surface area contributed by atoms with E-state index < -0.39 is 0 Å². The molecule has 0 aromatic rings. The van der Waals surface area contributed by atoms with Crippen LogP contribution in [-0.4, -0.2) is 36.5 Å². The molecule has 26 heavy (non-hydrogen) atoms. The van der Waals surface area contributed by atoms with Gasteiger partial charge in [-0.25, -0.2) is 0 Å². The number of hydrogen-bond acceptors (Lipinski definition) is 4. The zero-order valence-electron chi connectivity index (χ0n) is 16.7. The molecule has 2 bridgehead atoms. The molecule has 1 aliphatic carbocycles. The smallest absolute Gasteiger partial charge is 0.302 e. The molecule has 4 rings (SSSR count). The lowest BCUT2D eigenvalue weighted by atomic mass is 9.59. The fourth-order valence-electron chi connectivity index (χ4n) is 6.41. The second-order valence-electron chi connectivity index (χ2n) is 9.61. The van der Waals surface area contributed by atoms with Crippen LogP contribution in [0.3, 0.4) is 0 Å². The standard InChI is InChI=1S/C22H34O4/c1-12-7-6-8-22(5)21-18-16(14(3)11-24-22)10-13(2)20(25-15(4)23)19(18)17(9-12)26-21/h13-14,16-21H,1,6-11H2,2-5H3/t13-,14+,16+,17+,18+,19+,20-,21+,22+/m1/s1. The molecular formula is C22H34O4. The molecular weight excluding hydrogens is 328 g/mol. The van der Waals surface area contributed by atoms with E-state index in [1.54, 1.807) is 0 Å². The van der Waals surface area contributed by atoms with Crippen LogP contribution in [0.1, 0.15) is 59.8 Å². The van der Waals surface area contributed by atoms with E-state index in [2.05, 4.69) is 27.4 Å². The van der Waals surface area contributed by atoms with Gasteiger partial charge < -0.3 is 14.2 Å². The highest BCUT2D eigenvalue weighted by Gasteiger charge is 2.62. The van der Waals surface area contributed by atoms with Crippen LogP contribution in [0.15, 0.2) is 12.2 Å². The van der Waals surface area contributed by atoms with E-state index in [-0.39, 0.29) is 35.8 Å². The van der Waals surface area contributed by atoms with Gasteiger partial charge in [0.05, 0.1) is 24.4 Å². The maximum Gasteiger partial charge on any atom is 0.302 e. The summed E-state index contributed by atoms with van der Waals surface area (Å²) >= 11 is 0. The molecule has 3 saturated heterocycles.